The van der Waals surface area contributed by atoms with Crippen LogP contribution >= 0.6 is 11.3 Å². The Morgan fingerprint density at radius 1 is 1.13 bits per heavy atom. The van der Waals surface area contributed by atoms with Crippen LogP contribution in [0.5, 0.6) is 0 Å². The molecule has 1 amide bonds. The van der Waals surface area contributed by atoms with Crippen molar-refractivity contribution in [1.82, 2.24) is 29.7 Å². The van der Waals surface area contributed by atoms with Crippen LogP contribution < -0.4 is 10.6 Å². The monoisotopic (exact) mass is 529 g/mol. The van der Waals surface area contributed by atoms with Gasteiger partial charge in [-0.05, 0) is 36.2 Å². The summed E-state index contributed by atoms with van der Waals surface area (Å²) in [6.45, 7) is 6.74. The molecule has 0 bridgehead atoms. The number of carbonyl (C=O) groups is 1. The first kappa shape index (κ1) is 24.4. The minimum atomic E-state index is -0.456. The van der Waals surface area contributed by atoms with Crippen molar-refractivity contribution < 1.29 is 9.18 Å². The average molecular weight is 530 g/mol. The summed E-state index contributed by atoms with van der Waals surface area (Å²) in [5, 5.41) is 6.99. The minimum Gasteiger partial charge on any atom is -0.367 e. The highest BCUT2D eigenvalue weighted by Crippen LogP contribution is 2.36. The molecule has 194 valence electrons. The zero-order chi connectivity index (χ0) is 26.4. The summed E-state index contributed by atoms with van der Waals surface area (Å²) in [5.41, 5.74) is 6.44. The zero-order valence-corrected chi connectivity index (χ0v) is 22.3. The second-order valence-electron chi connectivity index (χ2n) is 9.75. The fourth-order valence-corrected chi connectivity index (χ4v) is 6.05. The Morgan fingerprint density at radius 2 is 1.89 bits per heavy atom. The van der Waals surface area contributed by atoms with E-state index in [1.165, 1.54) is 35.5 Å². The average Bonchev–Trinajstić information content (AvgIpc) is 3.60. The number of pyridine rings is 1. The quantitative estimate of drug-likeness (QED) is 0.308. The van der Waals surface area contributed by atoms with Gasteiger partial charge in [0.25, 0.3) is 0 Å². The molecule has 1 unspecified atom stereocenters. The molecule has 0 radical (unpaired) electrons. The maximum absolute atomic E-state index is 14.6. The molecule has 1 aliphatic heterocycles. The van der Waals surface area contributed by atoms with Gasteiger partial charge in [-0.2, -0.15) is 0 Å². The standard InChI is InChI=1S/C28H28FN7OS/c1-16(32-17(2)37)21-12-18(8-9-22(21)29)27-33-24-25-23(31-15-35(25)3)26(34-28(24)38-27)30-10-11-36-13-19-6-4-5-7-20(19)14-36/h4-9,12,15-16H,10-11,13-14H2,1-3H3,(H,30,34)(H,32,37). The van der Waals surface area contributed by atoms with Gasteiger partial charge < -0.3 is 15.2 Å². The molecule has 1 atom stereocenters. The highest BCUT2D eigenvalue weighted by Gasteiger charge is 2.21. The van der Waals surface area contributed by atoms with Crippen LogP contribution in [0.1, 0.15) is 36.6 Å². The van der Waals surface area contributed by atoms with Crippen LogP contribution in [-0.2, 0) is 24.9 Å². The van der Waals surface area contributed by atoms with E-state index >= 15 is 0 Å². The zero-order valence-electron chi connectivity index (χ0n) is 21.5. The van der Waals surface area contributed by atoms with Crippen molar-refractivity contribution in [2.45, 2.75) is 33.0 Å². The topological polar surface area (TPSA) is 88.0 Å². The maximum Gasteiger partial charge on any atom is 0.217 e. The molecule has 0 saturated carbocycles. The molecule has 1 aliphatic rings. The second kappa shape index (κ2) is 9.77. The molecule has 2 aromatic carbocycles. The van der Waals surface area contributed by atoms with E-state index < -0.39 is 6.04 Å². The van der Waals surface area contributed by atoms with Crippen LogP contribution in [0.25, 0.3) is 32.0 Å². The number of nitrogens with one attached hydrogen (secondary N) is 2. The molecule has 8 nitrogen and oxygen atoms in total. The van der Waals surface area contributed by atoms with Crippen LogP contribution in [0.3, 0.4) is 0 Å². The maximum atomic E-state index is 14.6. The van der Waals surface area contributed by atoms with Crippen LogP contribution in [0.4, 0.5) is 10.2 Å². The molecule has 10 heteroatoms. The van der Waals surface area contributed by atoms with Crippen molar-refractivity contribution in [2.75, 3.05) is 18.4 Å². The number of thiazole rings is 1. The molecule has 0 spiro atoms. The number of imidazole rings is 1. The van der Waals surface area contributed by atoms with E-state index in [1.807, 2.05) is 11.6 Å². The lowest BCUT2D eigenvalue weighted by molar-refractivity contribution is -0.119. The molecule has 2 N–H and O–H groups in total. The first-order valence-corrected chi connectivity index (χ1v) is 13.4. The number of amides is 1. The number of carbonyl (C=O) groups excluding carboxylic acids is 1. The molecular formula is C28H28FN7OS. The van der Waals surface area contributed by atoms with Gasteiger partial charge in [0.15, 0.2) is 5.82 Å². The van der Waals surface area contributed by atoms with Crippen LogP contribution in [0.2, 0.25) is 0 Å². The molecule has 4 heterocycles. The van der Waals surface area contributed by atoms with E-state index in [0.29, 0.717) is 5.56 Å². The lowest BCUT2D eigenvalue weighted by Crippen LogP contribution is -2.24. The third-order valence-corrected chi connectivity index (χ3v) is 7.96. The fraction of sp³-hybridized carbons (Fsp3) is 0.286. The van der Waals surface area contributed by atoms with Gasteiger partial charge >= 0.3 is 0 Å². The van der Waals surface area contributed by atoms with Crippen LogP contribution in [-0.4, -0.2) is 43.4 Å². The Balaban J connectivity index is 1.28. The summed E-state index contributed by atoms with van der Waals surface area (Å²) >= 11 is 1.46. The molecule has 0 aliphatic carbocycles. The van der Waals surface area contributed by atoms with Crippen LogP contribution in [0.15, 0.2) is 48.8 Å². The number of benzene rings is 2. The summed E-state index contributed by atoms with van der Waals surface area (Å²) < 4.78 is 16.5. The third kappa shape index (κ3) is 4.50. The summed E-state index contributed by atoms with van der Waals surface area (Å²) in [4.78, 5) is 29.1. The molecule has 5 aromatic rings. The number of aryl methyl sites for hydroxylation is 1. The van der Waals surface area contributed by atoms with Crippen molar-refractivity contribution in [1.29, 1.82) is 0 Å². The number of aromatic nitrogens is 4. The number of anilines is 1. The molecule has 0 fully saturated rings. The number of fused-ring (bicyclic) bond motifs is 4. The second-order valence-corrected chi connectivity index (χ2v) is 10.7. The van der Waals surface area contributed by atoms with Crippen molar-refractivity contribution >= 4 is 44.4 Å². The summed E-state index contributed by atoms with van der Waals surface area (Å²) in [5.74, 6) is 0.161. The smallest absolute Gasteiger partial charge is 0.217 e. The molecular weight excluding hydrogens is 501 g/mol. The van der Waals surface area contributed by atoms with E-state index in [1.54, 1.807) is 25.4 Å². The van der Waals surface area contributed by atoms with Gasteiger partial charge in [0.1, 0.15) is 32.2 Å². The number of hydrogen-bond acceptors (Lipinski definition) is 7. The van der Waals surface area contributed by atoms with Crippen LogP contribution in [0, 0.1) is 5.82 Å². The Kier molecular flexibility index (Phi) is 6.29. The number of halogens is 1. The van der Waals surface area contributed by atoms with Crippen molar-refractivity contribution in [3.8, 4) is 10.6 Å². The number of nitrogens with zero attached hydrogens (tertiary/aromatic N) is 5. The Bertz CT molecular complexity index is 1650. The lowest BCUT2D eigenvalue weighted by atomic mass is 10.0. The molecule has 0 saturated heterocycles. The van der Waals surface area contributed by atoms with Gasteiger partial charge in [0, 0.05) is 51.3 Å². The highest BCUT2D eigenvalue weighted by molar-refractivity contribution is 7.21. The van der Waals surface area contributed by atoms with Gasteiger partial charge in [0.2, 0.25) is 5.91 Å². The predicted molar refractivity (Wildman–Crippen MR) is 148 cm³/mol. The Hall–Kier alpha value is -3.89. The van der Waals surface area contributed by atoms with E-state index in [9.17, 15) is 9.18 Å². The Morgan fingerprint density at radius 3 is 2.63 bits per heavy atom. The van der Waals surface area contributed by atoms with Crippen molar-refractivity contribution in [2.24, 2.45) is 7.05 Å². The van der Waals surface area contributed by atoms with Gasteiger partial charge in [0.05, 0.1) is 12.4 Å². The van der Waals surface area contributed by atoms with Gasteiger partial charge in [-0.1, -0.05) is 35.6 Å². The van der Waals surface area contributed by atoms with Crippen molar-refractivity contribution in [3.05, 3.63) is 71.3 Å². The number of hydrogen-bond donors (Lipinski definition) is 2. The van der Waals surface area contributed by atoms with E-state index in [0.717, 1.165) is 63.9 Å². The van der Waals surface area contributed by atoms with E-state index in [-0.39, 0.29) is 11.7 Å². The highest BCUT2D eigenvalue weighted by atomic mass is 32.1. The summed E-state index contributed by atoms with van der Waals surface area (Å²) in [7, 11) is 1.95. The largest absolute Gasteiger partial charge is 0.367 e. The van der Waals surface area contributed by atoms with E-state index in [4.69, 9.17) is 9.97 Å². The first-order chi connectivity index (χ1) is 18.4. The minimum absolute atomic E-state index is 0.209. The Labute approximate surface area is 223 Å². The SMILES string of the molecule is CC(=O)NC(C)c1cc(-c2nc3c(nc(NCCN4Cc5ccccc5C4)c4ncn(C)c43)s2)ccc1F. The first-order valence-electron chi connectivity index (χ1n) is 12.6. The van der Waals surface area contributed by atoms with Gasteiger partial charge in [-0.3, -0.25) is 9.69 Å². The lowest BCUT2D eigenvalue weighted by Gasteiger charge is -2.15. The third-order valence-electron chi connectivity index (χ3n) is 6.96. The number of rotatable bonds is 7. The molecule has 6 rings (SSSR count). The normalized spacial score (nSPS) is 14.2. The fourth-order valence-electron chi connectivity index (χ4n) is 5.11. The molecule has 3 aromatic heterocycles. The summed E-state index contributed by atoms with van der Waals surface area (Å²) in [6, 6.07) is 13.0. The van der Waals surface area contributed by atoms with Gasteiger partial charge in [-0.25, -0.2) is 19.3 Å². The van der Waals surface area contributed by atoms with E-state index in [2.05, 4.69) is 44.8 Å². The predicted octanol–water partition coefficient (Wildman–Crippen LogP) is 5.01. The van der Waals surface area contributed by atoms with Crippen molar-refractivity contribution in [3.63, 3.8) is 0 Å². The molecule has 38 heavy (non-hydrogen) atoms. The van der Waals surface area contributed by atoms with Gasteiger partial charge in [-0.15, -0.1) is 0 Å². The summed E-state index contributed by atoms with van der Waals surface area (Å²) in [6.07, 6.45) is 1.78.